The van der Waals surface area contributed by atoms with E-state index >= 15 is 0 Å². The summed E-state index contributed by atoms with van der Waals surface area (Å²) >= 11 is 0. The number of ether oxygens (including phenoxy) is 1. The summed E-state index contributed by atoms with van der Waals surface area (Å²) in [6.07, 6.45) is 2.20. The molecule has 0 fully saturated rings. The molecule has 0 spiro atoms. The van der Waals surface area contributed by atoms with Crippen LogP contribution in [-0.2, 0) is 0 Å². The van der Waals surface area contributed by atoms with Crippen LogP contribution in [0.15, 0.2) is 72.8 Å². The number of hydrogen-bond acceptors (Lipinski definition) is 2. The van der Waals surface area contributed by atoms with E-state index in [1.165, 1.54) is 11.1 Å². The van der Waals surface area contributed by atoms with E-state index in [0.717, 1.165) is 59.1 Å². The Bertz CT molecular complexity index is 1030. The molecule has 0 saturated carbocycles. The van der Waals surface area contributed by atoms with E-state index in [1.807, 2.05) is 12.1 Å². The second kappa shape index (κ2) is 9.00. The molecule has 4 rings (SSSR count). The molecule has 0 aliphatic carbocycles. The molecule has 152 valence electrons. The third kappa shape index (κ3) is 4.46. The Balaban J connectivity index is 1.71. The summed E-state index contributed by atoms with van der Waals surface area (Å²) in [6.45, 7) is 7.13. The van der Waals surface area contributed by atoms with Crippen LogP contribution in [0.25, 0.3) is 33.9 Å². The van der Waals surface area contributed by atoms with Gasteiger partial charge in [-0.2, -0.15) is 0 Å². The summed E-state index contributed by atoms with van der Waals surface area (Å²) in [5.74, 6) is 1.76. The van der Waals surface area contributed by atoms with Crippen LogP contribution < -0.4 is 4.74 Å². The minimum atomic E-state index is 0.756. The number of hydrogen-bond donors (Lipinski definition) is 1. The van der Waals surface area contributed by atoms with Crippen molar-refractivity contribution in [3.8, 4) is 39.7 Å². The van der Waals surface area contributed by atoms with Crippen LogP contribution in [0.4, 0.5) is 0 Å². The predicted molar refractivity (Wildman–Crippen MR) is 125 cm³/mol. The Kier molecular flexibility index (Phi) is 5.99. The zero-order valence-corrected chi connectivity index (χ0v) is 17.9. The fourth-order valence-electron chi connectivity index (χ4n) is 3.40. The molecule has 0 aliphatic rings. The van der Waals surface area contributed by atoms with Gasteiger partial charge in [0.1, 0.15) is 11.6 Å². The van der Waals surface area contributed by atoms with Crippen molar-refractivity contribution in [2.24, 2.45) is 0 Å². The number of H-pyrrole nitrogens is 1. The molecular formula is C27H28N2O. The normalized spacial score (nSPS) is 10.9. The topological polar surface area (TPSA) is 37.9 Å². The minimum Gasteiger partial charge on any atom is -0.494 e. The van der Waals surface area contributed by atoms with Gasteiger partial charge in [-0.25, -0.2) is 4.98 Å². The number of aryl methyl sites for hydroxylation is 2. The summed E-state index contributed by atoms with van der Waals surface area (Å²) in [4.78, 5) is 8.55. The summed E-state index contributed by atoms with van der Waals surface area (Å²) in [6, 6.07) is 25.3. The number of nitrogens with zero attached hydrogens (tertiary/aromatic N) is 1. The lowest BCUT2D eigenvalue weighted by Gasteiger charge is -2.05. The van der Waals surface area contributed by atoms with Crippen LogP contribution in [-0.4, -0.2) is 16.6 Å². The number of rotatable bonds is 7. The number of imidazole rings is 1. The molecule has 0 radical (unpaired) electrons. The largest absolute Gasteiger partial charge is 0.494 e. The Morgan fingerprint density at radius 2 is 1.30 bits per heavy atom. The lowest BCUT2D eigenvalue weighted by atomic mass is 10.0. The van der Waals surface area contributed by atoms with Crippen molar-refractivity contribution in [3.63, 3.8) is 0 Å². The van der Waals surface area contributed by atoms with Gasteiger partial charge in [0.05, 0.1) is 18.0 Å². The van der Waals surface area contributed by atoms with Gasteiger partial charge < -0.3 is 9.72 Å². The van der Waals surface area contributed by atoms with Gasteiger partial charge in [0, 0.05) is 16.7 Å². The molecule has 0 amide bonds. The molecule has 1 aromatic heterocycles. The first-order valence-electron chi connectivity index (χ1n) is 10.6. The van der Waals surface area contributed by atoms with Crippen molar-refractivity contribution in [3.05, 3.63) is 83.9 Å². The zero-order valence-electron chi connectivity index (χ0n) is 17.9. The van der Waals surface area contributed by atoms with Gasteiger partial charge in [0.25, 0.3) is 0 Å². The molecule has 0 unspecified atom stereocenters. The summed E-state index contributed by atoms with van der Waals surface area (Å²) < 4.78 is 5.80. The maximum atomic E-state index is 5.80. The van der Waals surface area contributed by atoms with Crippen molar-refractivity contribution in [2.75, 3.05) is 6.61 Å². The molecule has 0 bridgehead atoms. The second-order valence-corrected chi connectivity index (χ2v) is 7.77. The molecule has 3 aromatic carbocycles. The van der Waals surface area contributed by atoms with Crippen molar-refractivity contribution in [2.45, 2.75) is 33.6 Å². The number of benzene rings is 3. The predicted octanol–water partition coefficient (Wildman–Crippen LogP) is 7.21. The average molecular weight is 397 g/mol. The zero-order chi connectivity index (χ0) is 20.9. The highest BCUT2D eigenvalue weighted by Gasteiger charge is 2.15. The molecule has 3 heteroatoms. The van der Waals surface area contributed by atoms with E-state index in [4.69, 9.17) is 9.72 Å². The molecule has 1 heterocycles. The van der Waals surface area contributed by atoms with Crippen LogP contribution in [0.2, 0.25) is 0 Å². The van der Waals surface area contributed by atoms with E-state index < -0.39 is 0 Å². The quantitative estimate of drug-likeness (QED) is 0.335. The number of aromatic nitrogens is 2. The van der Waals surface area contributed by atoms with Gasteiger partial charge >= 0.3 is 0 Å². The van der Waals surface area contributed by atoms with Gasteiger partial charge in [-0.1, -0.05) is 73.0 Å². The minimum absolute atomic E-state index is 0.756. The van der Waals surface area contributed by atoms with Gasteiger partial charge in [-0.15, -0.1) is 0 Å². The Labute approximate surface area is 178 Å². The SMILES string of the molecule is CCCCOc1ccc(-c2nc(-c3ccc(C)cc3)c(-c3ccc(C)cc3)[nH]2)cc1. The van der Waals surface area contributed by atoms with Gasteiger partial charge in [-0.05, 0) is 44.5 Å². The molecule has 0 saturated heterocycles. The van der Waals surface area contributed by atoms with Gasteiger partial charge in [-0.3, -0.25) is 0 Å². The summed E-state index contributed by atoms with van der Waals surface area (Å²) in [5, 5.41) is 0. The van der Waals surface area contributed by atoms with Crippen LogP contribution >= 0.6 is 0 Å². The molecule has 30 heavy (non-hydrogen) atoms. The first-order chi connectivity index (χ1) is 14.6. The van der Waals surface area contributed by atoms with Gasteiger partial charge in [0.15, 0.2) is 0 Å². The molecule has 0 atom stereocenters. The Hall–Kier alpha value is -3.33. The monoisotopic (exact) mass is 396 g/mol. The highest BCUT2D eigenvalue weighted by Crippen LogP contribution is 2.33. The molecule has 0 aliphatic heterocycles. The van der Waals surface area contributed by atoms with Crippen molar-refractivity contribution < 1.29 is 4.74 Å². The third-order valence-corrected chi connectivity index (χ3v) is 5.26. The fourth-order valence-corrected chi connectivity index (χ4v) is 3.40. The highest BCUT2D eigenvalue weighted by molar-refractivity contribution is 5.81. The van der Waals surface area contributed by atoms with E-state index in [1.54, 1.807) is 0 Å². The average Bonchev–Trinajstić information content (AvgIpc) is 3.21. The maximum Gasteiger partial charge on any atom is 0.138 e. The van der Waals surface area contributed by atoms with Crippen molar-refractivity contribution in [1.29, 1.82) is 0 Å². The standard InChI is InChI=1S/C27H28N2O/c1-4-5-18-30-24-16-14-23(15-17-24)27-28-25(21-10-6-19(2)7-11-21)26(29-27)22-12-8-20(3)9-13-22/h6-17H,4-5,18H2,1-3H3,(H,28,29). The second-order valence-electron chi connectivity index (χ2n) is 7.77. The maximum absolute atomic E-state index is 5.80. The van der Waals surface area contributed by atoms with Crippen LogP contribution in [0, 0.1) is 13.8 Å². The van der Waals surface area contributed by atoms with E-state index in [0.29, 0.717) is 0 Å². The molecular weight excluding hydrogens is 368 g/mol. The van der Waals surface area contributed by atoms with Crippen LogP contribution in [0.5, 0.6) is 5.75 Å². The first kappa shape index (κ1) is 20.0. The van der Waals surface area contributed by atoms with E-state index in [9.17, 15) is 0 Å². The fraction of sp³-hybridized carbons (Fsp3) is 0.222. The number of aromatic amines is 1. The highest BCUT2D eigenvalue weighted by atomic mass is 16.5. The summed E-state index contributed by atoms with van der Waals surface area (Å²) in [7, 11) is 0. The van der Waals surface area contributed by atoms with Crippen LogP contribution in [0.3, 0.4) is 0 Å². The molecule has 3 nitrogen and oxygen atoms in total. The van der Waals surface area contributed by atoms with Crippen LogP contribution in [0.1, 0.15) is 30.9 Å². The number of unbranched alkanes of at least 4 members (excludes halogenated alkanes) is 1. The molecule has 1 N–H and O–H groups in total. The Morgan fingerprint density at radius 3 is 1.90 bits per heavy atom. The summed E-state index contributed by atoms with van der Waals surface area (Å²) in [5.41, 5.74) is 7.78. The smallest absolute Gasteiger partial charge is 0.138 e. The van der Waals surface area contributed by atoms with Gasteiger partial charge in [0.2, 0.25) is 0 Å². The van der Waals surface area contributed by atoms with E-state index in [-0.39, 0.29) is 0 Å². The lowest BCUT2D eigenvalue weighted by Crippen LogP contribution is -1.96. The first-order valence-corrected chi connectivity index (χ1v) is 10.6. The van der Waals surface area contributed by atoms with Crippen molar-refractivity contribution >= 4 is 0 Å². The van der Waals surface area contributed by atoms with Crippen molar-refractivity contribution in [1.82, 2.24) is 9.97 Å². The number of nitrogens with one attached hydrogen (secondary N) is 1. The third-order valence-electron chi connectivity index (χ3n) is 5.26. The van der Waals surface area contributed by atoms with E-state index in [2.05, 4.69) is 86.4 Å². The molecule has 4 aromatic rings. The Morgan fingerprint density at radius 1 is 0.733 bits per heavy atom. The lowest BCUT2D eigenvalue weighted by molar-refractivity contribution is 0.309.